The van der Waals surface area contributed by atoms with Gasteiger partial charge in [0, 0.05) is 64.2 Å². The lowest BCUT2D eigenvalue weighted by Crippen LogP contribution is -2.49. The minimum Gasteiger partial charge on any atom is -0.394 e. The van der Waals surface area contributed by atoms with Crippen molar-refractivity contribution in [1.29, 1.82) is 0 Å². The van der Waals surface area contributed by atoms with E-state index >= 15 is 0 Å². The van der Waals surface area contributed by atoms with E-state index in [2.05, 4.69) is 20.4 Å². The fourth-order valence-corrected chi connectivity index (χ4v) is 11.3. The van der Waals surface area contributed by atoms with Gasteiger partial charge in [0.1, 0.15) is 11.6 Å². The van der Waals surface area contributed by atoms with Crippen LogP contribution in [0.1, 0.15) is 112 Å². The zero-order chi connectivity index (χ0) is 53.2. The van der Waals surface area contributed by atoms with Gasteiger partial charge in [-0.3, -0.25) is 19.2 Å². The van der Waals surface area contributed by atoms with Crippen LogP contribution in [0, 0.1) is 11.6 Å². The number of halogens is 6. The first-order valence-corrected chi connectivity index (χ1v) is 27.2. The van der Waals surface area contributed by atoms with Gasteiger partial charge in [0.2, 0.25) is 23.6 Å². The summed E-state index contributed by atoms with van der Waals surface area (Å²) in [6.45, 7) is 9.65. The van der Waals surface area contributed by atoms with Crippen LogP contribution in [-0.4, -0.2) is 131 Å². The van der Waals surface area contributed by atoms with Crippen molar-refractivity contribution in [1.82, 2.24) is 30.2 Å². The molecule has 4 fully saturated rings. The van der Waals surface area contributed by atoms with Gasteiger partial charge >= 0.3 is 0 Å². The smallest absolute Gasteiger partial charge is 0.230 e. The molecule has 4 aromatic carbocycles. The third-order valence-corrected chi connectivity index (χ3v) is 17.2. The van der Waals surface area contributed by atoms with Gasteiger partial charge in [-0.15, -0.1) is 0 Å². The first kappa shape index (κ1) is 57.3. The molecule has 4 aromatic rings. The lowest BCUT2D eigenvalue weighted by molar-refractivity contribution is -0.131. The van der Waals surface area contributed by atoms with Crippen LogP contribution in [0.5, 0.6) is 0 Å². The molecule has 4 aliphatic rings. The summed E-state index contributed by atoms with van der Waals surface area (Å²) in [5, 5.41) is 27.5. The van der Waals surface area contributed by atoms with Crippen molar-refractivity contribution in [3.8, 4) is 0 Å². The molecule has 0 aromatic heterocycles. The second kappa shape index (κ2) is 26.1. The summed E-state index contributed by atoms with van der Waals surface area (Å²) in [7, 11) is 0. The average Bonchev–Trinajstić information content (AvgIpc) is 4.05. The third-order valence-electron chi connectivity index (χ3n) is 15.7. The maximum atomic E-state index is 13.8. The van der Waals surface area contributed by atoms with Crippen molar-refractivity contribution < 1.29 is 38.2 Å². The Bertz CT molecular complexity index is 2390. The van der Waals surface area contributed by atoms with Gasteiger partial charge in [0.25, 0.3) is 0 Å². The Morgan fingerprint density at radius 3 is 1.22 bits per heavy atom. The van der Waals surface area contributed by atoms with E-state index in [0.29, 0.717) is 82.1 Å². The van der Waals surface area contributed by atoms with Crippen LogP contribution in [0.15, 0.2) is 84.9 Å². The molecule has 0 aliphatic carbocycles. The van der Waals surface area contributed by atoms with Crippen LogP contribution >= 0.6 is 46.4 Å². The molecule has 4 atom stereocenters. The summed E-state index contributed by atoms with van der Waals surface area (Å²) >= 11 is 25.0. The number of likely N-dealkylation sites (tertiary alicyclic amines) is 4. The number of nitrogens with zero attached hydrogens (tertiary/aromatic N) is 4. The molecular weight excluding hydrogens is 1030 g/mol. The van der Waals surface area contributed by atoms with Crippen molar-refractivity contribution in [3.63, 3.8) is 0 Å². The van der Waals surface area contributed by atoms with E-state index in [1.165, 1.54) is 24.3 Å². The van der Waals surface area contributed by atoms with Crippen molar-refractivity contribution in [2.45, 2.75) is 113 Å². The Kier molecular flexibility index (Phi) is 20.2. The van der Waals surface area contributed by atoms with E-state index in [4.69, 9.17) is 46.4 Å². The molecule has 18 heteroatoms. The Hall–Kier alpha value is -4.38. The number of piperidine rings is 2. The minimum absolute atomic E-state index is 0.258. The molecule has 0 saturated carbocycles. The zero-order valence-electron chi connectivity index (χ0n) is 42.1. The summed E-state index contributed by atoms with van der Waals surface area (Å²) < 4.78 is 26.8. The molecule has 400 valence electrons. The van der Waals surface area contributed by atoms with Crippen molar-refractivity contribution >= 4 is 70.0 Å². The lowest BCUT2D eigenvalue weighted by atomic mass is 9.78. The third kappa shape index (κ3) is 14.2. The van der Waals surface area contributed by atoms with E-state index in [9.17, 15) is 38.2 Å². The Labute approximate surface area is 453 Å². The van der Waals surface area contributed by atoms with Crippen LogP contribution in [0.3, 0.4) is 0 Å². The number of benzene rings is 4. The Morgan fingerprint density at radius 2 is 0.919 bits per heavy atom. The summed E-state index contributed by atoms with van der Waals surface area (Å²) in [6, 6.07) is 21.2. The molecule has 4 N–H and O–H groups in total. The minimum atomic E-state index is -0.955. The lowest BCUT2D eigenvalue weighted by Gasteiger charge is -2.38. The van der Waals surface area contributed by atoms with E-state index in [1.807, 2.05) is 35.8 Å². The number of nitrogens with one attached hydrogen (secondary N) is 2. The molecule has 4 heterocycles. The molecule has 2 unspecified atom stereocenters. The molecular formula is C56H68Cl4F2N6O6. The average molecular weight is 1100 g/mol. The van der Waals surface area contributed by atoms with Gasteiger partial charge < -0.3 is 40.4 Å². The molecule has 4 amide bonds. The van der Waals surface area contributed by atoms with Gasteiger partial charge in [-0.1, -0.05) is 82.8 Å². The number of aliphatic hydroxyl groups is 2. The van der Waals surface area contributed by atoms with Crippen LogP contribution < -0.4 is 10.6 Å². The summed E-state index contributed by atoms with van der Waals surface area (Å²) in [5.74, 6) is -0.752. The highest BCUT2D eigenvalue weighted by molar-refractivity contribution is 6.42. The van der Waals surface area contributed by atoms with Gasteiger partial charge in [-0.25, -0.2) is 8.78 Å². The van der Waals surface area contributed by atoms with E-state index in [1.54, 1.807) is 48.5 Å². The van der Waals surface area contributed by atoms with Gasteiger partial charge in [0.05, 0.1) is 56.2 Å². The normalized spacial score (nSPS) is 19.6. The fraction of sp³-hybridized carbons (Fsp3) is 0.500. The highest BCUT2D eigenvalue weighted by Crippen LogP contribution is 2.37. The van der Waals surface area contributed by atoms with E-state index in [-0.39, 0.29) is 48.5 Å². The SMILES string of the molecule is CC(CCN1CCC(N2CCCC2=O)CC1)(C(=O)N[C@@H](CO)c1ccc(F)cc1)c1ccc(Cl)c(Cl)c1.CC(CCN1CCC(N2CCCC2=O)CC1)(C(=O)N[C@@H](CO)c1ccc(F)cc1)c1ccc(Cl)c(Cl)c1. The second-order valence-electron chi connectivity index (χ2n) is 20.5. The second-order valence-corrected chi connectivity index (χ2v) is 22.1. The summed E-state index contributed by atoms with van der Waals surface area (Å²) in [4.78, 5) is 60.6. The fourth-order valence-electron chi connectivity index (χ4n) is 10.7. The van der Waals surface area contributed by atoms with E-state index < -0.39 is 22.9 Å². The van der Waals surface area contributed by atoms with Gasteiger partial charge in [-0.2, -0.15) is 0 Å². The zero-order valence-corrected chi connectivity index (χ0v) is 45.1. The topological polar surface area (TPSA) is 146 Å². The largest absolute Gasteiger partial charge is 0.394 e. The number of hydrogen-bond donors (Lipinski definition) is 4. The number of rotatable bonds is 18. The van der Waals surface area contributed by atoms with Crippen LogP contribution in [-0.2, 0) is 30.0 Å². The van der Waals surface area contributed by atoms with E-state index in [0.717, 1.165) is 88.9 Å². The number of hydrogen-bond acceptors (Lipinski definition) is 8. The quantitative estimate of drug-likeness (QED) is 0.0772. The van der Waals surface area contributed by atoms with Crippen molar-refractivity contribution in [3.05, 3.63) is 139 Å². The first-order chi connectivity index (χ1) is 35.4. The molecule has 0 bridgehead atoms. The van der Waals surface area contributed by atoms with Gasteiger partial charge in [0.15, 0.2) is 0 Å². The molecule has 4 aliphatic heterocycles. The molecule has 8 rings (SSSR count). The van der Waals surface area contributed by atoms with Crippen LogP contribution in [0.2, 0.25) is 20.1 Å². The Balaban J connectivity index is 0.000000216. The standard InChI is InChI=1S/2C28H34Cl2FN3O3/c2*1-28(20-6-9-23(29)24(30)17-20,27(37)32-25(18-35)19-4-7-21(31)8-5-19)12-16-33-14-10-22(11-15-33)34-13-2-3-26(34)36/h2*4-9,17,22,25,35H,2-3,10-16,18H2,1H3,(H,32,37)/t2*25-,28?/m00/s1. The highest BCUT2D eigenvalue weighted by atomic mass is 35.5. The number of carbonyl (C=O) groups is 4. The number of amides is 4. The van der Waals surface area contributed by atoms with Crippen LogP contribution in [0.4, 0.5) is 8.78 Å². The summed E-state index contributed by atoms with van der Waals surface area (Å²) in [5.41, 5.74) is 0.785. The molecule has 74 heavy (non-hydrogen) atoms. The number of carbonyl (C=O) groups excluding carboxylic acids is 4. The maximum absolute atomic E-state index is 13.8. The highest BCUT2D eigenvalue weighted by Gasteiger charge is 2.40. The summed E-state index contributed by atoms with van der Waals surface area (Å²) in [6.07, 6.45) is 7.96. The Morgan fingerprint density at radius 1 is 0.568 bits per heavy atom. The first-order valence-electron chi connectivity index (χ1n) is 25.7. The maximum Gasteiger partial charge on any atom is 0.230 e. The molecule has 0 spiro atoms. The monoisotopic (exact) mass is 1100 g/mol. The van der Waals surface area contributed by atoms with Crippen molar-refractivity contribution in [2.75, 3.05) is 65.6 Å². The van der Waals surface area contributed by atoms with Crippen molar-refractivity contribution in [2.24, 2.45) is 0 Å². The number of aliphatic hydroxyl groups excluding tert-OH is 2. The van der Waals surface area contributed by atoms with Crippen LogP contribution in [0.25, 0.3) is 0 Å². The van der Waals surface area contributed by atoms with Gasteiger partial charge in [-0.05, 0) is 149 Å². The molecule has 4 saturated heterocycles. The molecule has 12 nitrogen and oxygen atoms in total. The predicted molar refractivity (Wildman–Crippen MR) is 286 cm³/mol. The predicted octanol–water partition coefficient (Wildman–Crippen LogP) is 9.43. The molecule has 0 radical (unpaired) electrons.